The third-order valence-corrected chi connectivity index (χ3v) is 4.05. The monoisotopic (exact) mass is 296 g/mol. The van der Waals surface area contributed by atoms with Crippen LogP contribution in [-0.4, -0.2) is 36.5 Å². The highest BCUT2D eigenvalue weighted by molar-refractivity contribution is 5.78. The van der Waals surface area contributed by atoms with Gasteiger partial charge in [0.05, 0.1) is 6.54 Å². The molecule has 1 aliphatic heterocycles. The fourth-order valence-corrected chi connectivity index (χ4v) is 2.73. The highest BCUT2D eigenvalue weighted by Gasteiger charge is 2.20. The molecule has 1 saturated heterocycles. The van der Waals surface area contributed by atoms with Crippen molar-refractivity contribution in [1.29, 1.82) is 0 Å². The molecule has 5 heteroatoms. The zero-order valence-corrected chi connectivity index (χ0v) is 12.4. The minimum absolute atomic E-state index is 0.0316. The lowest BCUT2D eigenvalue weighted by Crippen LogP contribution is -2.44. The molecule has 1 N–H and O–H groups in total. The molecule has 0 saturated carbocycles. The SMILES string of the molecule is CC1CCCCN1CC(=O)NCCc1c(F)cccc1F. The minimum atomic E-state index is -0.561. The highest BCUT2D eigenvalue weighted by atomic mass is 19.1. The van der Waals surface area contributed by atoms with Crippen molar-refractivity contribution >= 4 is 5.91 Å². The smallest absolute Gasteiger partial charge is 0.234 e. The van der Waals surface area contributed by atoms with E-state index < -0.39 is 11.6 Å². The summed E-state index contributed by atoms with van der Waals surface area (Å²) in [5.74, 6) is -1.21. The second-order valence-electron chi connectivity index (χ2n) is 5.62. The van der Waals surface area contributed by atoms with Gasteiger partial charge in [-0.25, -0.2) is 8.78 Å². The summed E-state index contributed by atoms with van der Waals surface area (Å²) >= 11 is 0. The summed E-state index contributed by atoms with van der Waals surface area (Å²) in [6.45, 7) is 3.68. The van der Waals surface area contributed by atoms with Gasteiger partial charge in [0.15, 0.2) is 0 Å². The fourth-order valence-electron chi connectivity index (χ4n) is 2.73. The van der Waals surface area contributed by atoms with E-state index in [2.05, 4.69) is 17.1 Å². The zero-order chi connectivity index (χ0) is 15.2. The number of carbonyl (C=O) groups is 1. The average Bonchev–Trinajstić information content (AvgIpc) is 2.45. The van der Waals surface area contributed by atoms with E-state index in [1.807, 2.05) is 0 Å². The first-order chi connectivity index (χ1) is 10.1. The van der Waals surface area contributed by atoms with Gasteiger partial charge in [-0.2, -0.15) is 0 Å². The Bertz CT molecular complexity index is 473. The number of carbonyl (C=O) groups excluding carboxylic acids is 1. The number of hydrogen-bond acceptors (Lipinski definition) is 2. The van der Waals surface area contributed by atoms with E-state index in [1.54, 1.807) is 0 Å². The van der Waals surface area contributed by atoms with Crippen LogP contribution in [0.3, 0.4) is 0 Å². The molecule has 0 aromatic heterocycles. The van der Waals surface area contributed by atoms with Crippen LogP contribution < -0.4 is 5.32 Å². The second kappa shape index (κ2) is 7.50. The molecular weight excluding hydrogens is 274 g/mol. The van der Waals surface area contributed by atoms with Crippen LogP contribution in [0.15, 0.2) is 18.2 Å². The van der Waals surface area contributed by atoms with E-state index in [1.165, 1.54) is 24.6 Å². The number of nitrogens with one attached hydrogen (secondary N) is 1. The van der Waals surface area contributed by atoms with Crippen LogP contribution in [0, 0.1) is 11.6 Å². The first-order valence-corrected chi connectivity index (χ1v) is 7.51. The second-order valence-corrected chi connectivity index (χ2v) is 5.62. The van der Waals surface area contributed by atoms with Gasteiger partial charge in [-0.05, 0) is 44.9 Å². The van der Waals surface area contributed by atoms with E-state index in [9.17, 15) is 13.6 Å². The summed E-state index contributed by atoms with van der Waals surface area (Å²) in [7, 11) is 0. The normalized spacial score (nSPS) is 19.5. The minimum Gasteiger partial charge on any atom is -0.355 e. The lowest BCUT2D eigenvalue weighted by atomic mass is 10.0. The highest BCUT2D eigenvalue weighted by Crippen LogP contribution is 2.15. The summed E-state index contributed by atoms with van der Waals surface area (Å²) in [5.41, 5.74) is 0.0316. The van der Waals surface area contributed by atoms with Gasteiger partial charge in [-0.1, -0.05) is 12.5 Å². The average molecular weight is 296 g/mol. The van der Waals surface area contributed by atoms with Crippen LogP contribution in [-0.2, 0) is 11.2 Å². The van der Waals surface area contributed by atoms with E-state index >= 15 is 0 Å². The van der Waals surface area contributed by atoms with Crippen LogP contribution in [0.25, 0.3) is 0 Å². The largest absolute Gasteiger partial charge is 0.355 e. The number of halogens is 2. The molecule has 1 aromatic rings. The predicted molar refractivity (Wildman–Crippen MR) is 78.0 cm³/mol. The van der Waals surface area contributed by atoms with Crippen molar-refractivity contribution in [2.24, 2.45) is 0 Å². The van der Waals surface area contributed by atoms with Gasteiger partial charge in [0, 0.05) is 18.2 Å². The topological polar surface area (TPSA) is 32.3 Å². The van der Waals surface area contributed by atoms with Crippen LogP contribution in [0.5, 0.6) is 0 Å². The summed E-state index contributed by atoms with van der Waals surface area (Å²) in [5, 5.41) is 2.74. The molecule has 1 fully saturated rings. The van der Waals surface area contributed by atoms with E-state index in [0.29, 0.717) is 12.6 Å². The first kappa shape index (κ1) is 15.9. The summed E-state index contributed by atoms with van der Waals surface area (Å²) in [6, 6.07) is 4.23. The maximum atomic E-state index is 13.4. The zero-order valence-electron chi connectivity index (χ0n) is 12.4. The van der Waals surface area contributed by atoms with Gasteiger partial charge >= 0.3 is 0 Å². The molecule has 2 rings (SSSR count). The molecule has 0 radical (unpaired) electrons. The number of rotatable bonds is 5. The Labute approximate surface area is 124 Å². The van der Waals surface area contributed by atoms with Crippen LogP contribution in [0.1, 0.15) is 31.7 Å². The van der Waals surface area contributed by atoms with Gasteiger partial charge in [-0.15, -0.1) is 0 Å². The summed E-state index contributed by atoms with van der Waals surface area (Å²) < 4.78 is 26.9. The Balaban J connectivity index is 1.76. The molecule has 1 aliphatic rings. The van der Waals surface area contributed by atoms with Crippen molar-refractivity contribution in [3.05, 3.63) is 35.4 Å². The van der Waals surface area contributed by atoms with Crippen LogP contribution in [0.2, 0.25) is 0 Å². The number of benzene rings is 1. The Hall–Kier alpha value is -1.49. The van der Waals surface area contributed by atoms with Crippen molar-refractivity contribution in [2.45, 2.75) is 38.6 Å². The maximum absolute atomic E-state index is 13.4. The molecule has 116 valence electrons. The molecule has 3 nitrogen and oxygen atoms in total. The summed E-state index contributed by atoms with van der Waals surface area (Å²) in [6.07, 6.45) is 3.62. The predicted octanol–water partition coefficient (Wildman–Crippen LogP) is 2.50. The lowest BCUT2D eigenvalue weighted by molar-refractivity contribution is -0.123. The van der Waals surface area contributed by atoms with Crippen molar-refractivity contribution in [3.63, 3.8) is 0 Å². The molecule has 1 atom stereocenters. The maximum Gasteiger partial charge on any atom is 0.234 e. The quantitative estimate of drug-likeness (QED) is 0.905. The third-order valence-electron chi connectivity index (χ3n) is 4.05. The van der Waals surface area contributed by atoms with Gasteiger partial charge in [0.25, 0.3) is 0 Å². The molecule has 1 unspecified atom stereocenters. The Morgan fingerprint density at radius 3 is 2.71 bits per heavy atom. The molecule has 1 aromatic carbocycles. The van der Waals surface area contributed by atoms with Crippen molar-refractivity contribution < 1.29 is 13.6 Å². The molecule has 1 heterocycles. The number of nitrogens with zero attached hydrogens (tertiary/aromatic N) is 1. The Kier molecular flexibility index (Phi) is 5.67. The van der Waals surface area contributed by atoms with Gasteiger partial charge in [0.1, 0.15) is 11.6 Å². The molecule has 1 amide bonds. The number of piperidine rings is 1. The summed E-state index contributed by atoms with van der Waals surface area (Å²) in [4.78, 5) is 14.0. The van der Waals surface area contributed by atoms with Gasteiger partial charge in [0.2, 0.25) is 5.91 Å². The van der Waals surface area contributed by atoms with E-state index in [-0.39, 0.29) is 24.4 Å². The van der Waals surface area contributed by atoms with Crippen molar-refractivity contribution in [3.8, 4) is 0 Å². The lowest BCUT2D eigenvalue weighted by Gasteiger charge is -2.32. The first-order valence-electron chi connectivity index (χ1n) is 7.51. The molecule has 0 aliphatic carbocycles. The molecule has 0 spiro atoms. The number of hydrogen-bond donors (Lipinski definition) is 1. The van der Waals surface area contributed by atoms with Gasteiger partial charge < -0.3 is 5.32 Å². The standard InChI is InChI=1S/C16H22F2N2O/c1-12-5-2-3-10-20(12)11-16(21)19-9-8-13-14(17)6-4-7-15(13)18/h4,6-7,12H,2-3,5,8-11H2,1H3,(H,19,21). The molecule has 21 heavy (non-hydrogen) atoms. The third kappa shape index (κ3) is 4.49. The molecular formula is C16H22F2N2O. The Morgan fingerprint density at radius 2 is 2.05 bits per heavy atom. The van der Waals surface area contributed by atoms with Gasteiger partial charge in [-0.3, -0.25) is 9.69 Å². The number of likely N-dealkylation sites (tertiary alicyclic amines) is 1. The fraction of sp³-hybridized carbons (Fsp3) is 0.562. The molecule has 0 bridgehead atoms. The van der Waals surface area contributed by atoms with Crippen LogP contribution >= 0.6 is 0 Å². The Morgan fingerprint density at radius 1 is 1.33 bits per heavy atom. The van der Waals surface area contributed by atoms with Crippen molar-refractivity contribution in [1.82, 2.24) is 10.2 Å². The van der Waals surface area contributed by atoms with E-state index in [0.717, 1.165) is 19.4 Å². The van der Waals surface area contributed by atoms with Crippen molar-refractivity contribution in [2.75, 3.05) is 19.6 Å². The van der Waals surface area contributed by atoms with E-state index in [4.69, 9.17) is 0 Å². The number of amides is 1. The van der Waals surface area contributed by atoms with Crippen LogP contribution in [0.4, 0.5) is 8.78 Å².